The molecular weight excluding hydrogens is 256 g/mol. The van der Waals surface area contributed by atoms with Crippen molar-refractivity contribution < 1.29 is 0 Å². The number of rotatable bonds is 5. The molecule has 5 heteroatoms. The first-order valence-electron chi connectivity index (χ1n) is 6.46. The molecule has 1 fully saturated rings. The summed E-state index contributed by atoms with van der Waals surface area (Å²) in [5.41, 5.74) is 2.19. The quantitative estimate of drug-likeness (QED) is 0.848. The van der Waals surface area contributed by atoms with E-state index in [0.29, 0.717) is 6.04 Å². The first-order valence-corrected chi connectivity index (χ1v) is 7.28. The second-order valence-electron chi connectivity index (χ2n) is 4.71. The van der Waals surface area contributed by atoms with Gasteiger partial charge >= 0.3 is 0 Å². The molecule has 0 aliphatic heterocycles. The third kappa shape index (κ3) is 3.52. The molecule has 0 bridgehead atoms. The average molecular weight is 272 g/mol. The van der Waals surface area contributed by atoms with Crippen LogP contribution in [0.2, 0.25) is 0 Å². The molecular formula is C14H16N4S. The third-order valence-corrected chi connectivity index (χ3v) is 3.91. The largest absolute Gasteiger partial charge is 0.310 e. The zero-order chi connectivity index (χ0) is 13.1. The van der Waals surface area contributed by atoms with Gasteiger partial charge in [-0.2, -0.15) is 0 Å². The topological polar surface area (TPSA) is 50.7 Å². The van der Waals surface area contributed by atoms with Gasteiger partial charge in [-0.3, -0.25) is 0 Å². The molecule has 19 heavy (non-hydrogen) atoms. The third-order valence-electron chi connectivity index (χ3n) is 2.97. The maximum atomic E-state index is 4.44. The minimum absolute atomic E-state index is 0.702. The Morgan fingerprint density at radius 2 is 2.16 bits per heavy atom. The van der Waals surface area contributed by atoms with Crippen molar-refractivity contribution in [3.05, 3.63) is 41.9 Å². The molecule has 98 valence electrons. The van der Waals surface area contributed by atoms with Crippen LogP contribution in [0.3, 0.4) is 0 Å². The summed E-state index contributed by atoms with van der Waals surface area (Å²) in [6.07, 6.45) is 6.20. The Morgan fingerprint density at radius 1 is 1.26 bits per heavy atom. The molecule has 0 saturated heterocycles. The molecule has 1 aliphatic rings. The van der Waals surface area contributed by atoms with E-state index < -0.39 is 0 Å². The summed E-state index contributed by atoms with van der Waals surface area (Å²) < 4.78 is 0. The highest BCUT2D eigenvalue weighted by Gasteiger charge is 2.20. The summed E-state index contributed by atoms with van der Waals surface area (Å²) in [6, 6.07) is 6.69. The predicted octanol–water partition coefficient (Wildman–Crippen LogP) is 2.58. The highest BCUT2D eigenvalue weighted by atomic mass is 32.2. The molecule has 0 spiro atoms. The number of hydrogen-bond donors (Lipinski definition) is 1. The molecule has 4 nitrogen and oxygen atoms in total. The van der Waals surface area contributed by atoms with Crippen molar-refractivity contribution in [1.82, 2.24) is 20.3 Å². The van der Waals surface area contributed by atoms with Crippen molar-refractivity contribution in [2.45, 2.75) is 42.5 Å². The predicted molar refractivity (Wildman–Crippen MR) is 75.0 cm³/mol. The van der Waals surface area contributed by atoms with Gasteiger partial charge in [-0.15, -0.1) is 0 Å². The molecule has 2 heterocycles. The summed E-state index contributed by atoms with van der Waals surface area (Å²) in [5.74, 6) is 0. The van der Waals surface area contributed by atoms with Gasteiger partial charge in [0.25, 0.3) is 0 Å². The Kier molecular flexibility index (Phi) is 3.75. The van der Waals surface area contributed by atoms with E-state index in [2.05, 4.69) is 26.3 Å². The lowest BCUT2D eigenvalue weighted by molar-refractivity contribution is 0.675. The van der Waals surface area contributed by atoms with Crippen LogP contribution in [0.4, 0.5) is 0 Å². The van der Waals surface area contributed by atoms with Crippen LogP contribution >= 0.6 is 11.8 Å². The Bertz CT molecular complexity index is 569. The van der Waals surface area contributed by atoms with E-state index in [1.807, 2.05) is 25.3 Å². The average Bonchev–Trinajstić information content (AvgIpc) is 3.22. The van der Waals surface area contributed by atoms with Crippen molar-refractivity contribution in [2.75, 3.05) is 0 Å². The zero-order valence-corrected chi connectivity index (χ0v) is 11.7. The monoisotopic (exact) mass is 272 g/mol. The molecule has 2 aromatic heterocycles. The number of aromatic nitrogens is 3. The van der Waals surface area contributed by atoms with E-state index in [1.165, 1.54) is 30.2 Å². The van der Waals surface area contributed by atoms with Crippen LogP contribution in [0.1, 0.15) is 24.1 Å². The van der Waals surface area contributed by atoms with Crippen molar-refractivity contribution >= 4 is 11.8 Å². The van der Waals surface area contributed by atoms with Crippen molar-refractivity contribution in [3.63, 3.8) is 0 Å². The number of hydrogen-bond acceptors (Lipinski definition) is 5. The van der Waals surface area contributed by atoms with Crippen molar-refractivity contribution in [2.24, 2.45) is 0 Å². The molecule has 1 aliphatic carbocycles. The normalized spacial score (nSPS) is 14.6. The van der Waals surface area contributed by atoms with Gasteiger partial charge in [-0.05, 0) is 49.2 Å². The number of nitrogens with zero attached hydrogens (tertiary/aromatic N) is 3. The van der Waals surface area contributed by atoms with Crippen molar-refractivity contribution in [3.8, 4) is 0 Å². The summed E-state index contributed by atoms with van der Waals surface area (Å²) in [4.78, 5) is 13.1. The Balaban J connectivity index is 1.75. The first-order chi connectivity index (χ1) is 9.31. The van der Waals surface area contributed by atoms with Gasteiger partial charge in [0, 0.05) is 30.7 Å². The van der Waals surface area contributed by atoms with Crippen LogP contribution in [0.5, 0.6) is 0 Å². The van der Waals surface area contributed by atoms with E-state index in [1.54, 1.807) is 6.20 Å². The molecule has 3 rings (SSSR count). The number of pyridine rings is 1. The maximum Gasteiger partial charge on any atom is 0.194 e. The summed E-state index contributed by atoms with van der Waals surface area (Å²) in [7, 11) is 0. The van der Waals surface area contributed by atoms with Gasteiger partial charge in [0.05, 0.1) is 0 Å². The molecule has 2 aromatic rings. The molecule has 0 unspecified atom stereocenters. The van der Waals surface area contributed by atoms with Crippen LogP contribution in [0.15, 0.2) is 40.8 Å². The van der Waals surface area contributed by atoms with E-state index in [0.717, 1.165) is 22.4 Å². The molecule has 0 aromatic carbocycles. The second kappa shape index (κ2) is 5.67. The van der Waals surface area contributed by atoms with E-state index in [4.69, 9.17) is 0 Å². The van der Waals surface area contributed by atoms with Gasteiger partial charge in [0.15, 0.2) is 5.16 Å². The van der Waals surface area contributed by atoms with Crippen LogP contribution in [-0.4, -0.2) is 21.0 Å². The number of nitrogens with one attached hydrogen (secondary N) is 1. The summed E-state index contributed by atoms with van der Waals surface area (Å²) in [5, 5.41) is 5.26. The lowest BCUT2D eigenvalue weighted by atomic mass is 10.3. The Labute approximate surface area is 117 Å². The van der Waals surface area contributed by atoms with Crippen LogP contribution in [-0.2, 0) is 6.54 Å². The molecule has 1 N–H and O–H groups in total. The SMILES string of the molecule is Cc1ccnc(Sc2ncccc2CNC2CC2)n1. The Morgan fingerprint density at radius 3 is 2.95 bits per heavy atom. The smallest absolute Gasteiger partial charge is 0.194 e. The minimum Gasteiger partial charge on any atom is -0.310 e. The first kappa shape index (κ1) is 12.6. The zero-order valence-electron chi connectivity index (χ0n) is 10.8. The van der Waals surface area contributed by atoms with E-state index >= 15 is 0 Å². The summed E-state index contributed by atoms with van der Waals surface area (Å²) >= 11 is 1.53. The highest BCUT2D eigenvalue weighted by Crippen LogP contribution is 2.26. The molecule has 0 radical (unpaired) electrons. The Hall–Kier alpha value is -1.46. The van der Waals surface area contributed by atoms with Gasteiger partial charge in [-0.25, -0.2) is 15.0 Å². The van der Waals surface area contributed by atoms with Crippen LogP contribution in [0.25, 0.3) is 0 Å². The fourth-order valence-electron chi connectivity index (χ4n) is 1.75. The van der Waals surface area contributed by atoms with Crippen molar-refractivity contribution in [1.29, 1.82) is 0 Å². The van der Waals surface area contributed by atoms with Gasteiger partial charge in [-0.1, -0.05) is 6.07 Å². The minimum atomic E-state index is 0.702. The highest BCUT2D eigenvalue weighted by molar-refractivity contribution is 7.99. The van der Waals surface area contributed by atoms with Crippen LogP contribution in [0, 0.1) is 6.92 Å². The standard InChI is InChI=1S/C14H16N4S/c1-10-6-8-16-14(18-10)19-13-11(3-2-7-15-13)9-17-12-4-5-12/h2-3,6-8,12,17H,4-5,9H2,1H3. The maximum absolute atomic E-state index is 4.44. The molecule has 0 atom stereocenters. The van der Waals surface area contributed by atoms with Gasteiger partial charge in [0.1, 0.15) is 5.03 Å². The fourth-order valence-corrected chi connectivity index (χ4v) is 2.61. The van der Waals surface area contributed by atoms with E-state index in [9.17, 15) is 0 Å². The van der Waals surface area contributed by atoms with Crippen LogP contribution < -0.4 is 5.32 Å². The molecule has 0 amide bonds. The number of aryl methyl sites for hydroxylation is 1. The summed E-state index contributed by atoms with van der Waals surface area (Å²) in [6.45, 7) is 2.84. The lowest BCUT2D eigenvalue weighted by Gasteiger charge is -2.08. The second-order valence-corrected chi connectivity index (χ2v) is 5.66. The lowest BCUT2D eigenvalue weighted by Crippen LogP contribution is -2.16. The van der Waals surface area contributed by atoms with E-state index in [-0.39, 0.29) is 0 Å². The molecule has 1 saturated carbocycles. The van der Waals surface area contributed by atoms with Gasteiger partial charge in [0.2, 0.25) is 0 Å². The van der Waals surface area contributed by atoms with Gasteiger partial charge < -0.3 is 5.32 Å². The fraction of sp³-hybridized carbons (Fsp3) is 0.357.